The van der Waals surface area contributed by atoms with Gasteiger partial charge in [0, 0.05) is 23.7 Å². The van der Waals surface area contributed by atoms with Crippen molar-refractivity contribution in [3.63, 3.8) is 0 Å². The first-order valence-corrected chi connectivity index (χ1v) is 7.50. The van der Waals surface area contributed by atoms with E-state index < -0.39 is 6.10 Å². The van der Waals surface area contributed by atoms with Gasteiger partial charge < -0.3 is 10.4 Å². The van der Waals surface area contributed by atoms with Crippen LogP contribution in [-0.2, 0) is 6.54 Å². The summed E-state index contributed by atoms with van der Waals surface area (Å²) in [5.74, 6) is -0.286. The minimum Gasteiger partial charge on any atom is -0.388 e. The molecule has 0 radical (unpaired) electrons. The molecule has 1 aromatic heterocycles. The Hall–Kier alpha value is -1.30. The molecule has 0 aliphatic heterocycles. The van der Waals surface area contributed by atoms with Gasteiger partial charge in [0.1, 0.15) is 10.8 Å². The summed E-state index contributed by atoms with van der Waals surface area (Å²) in [7, 11) is 0. The highest BCUT2D eigenvalue weighted by Crippen LogP contribution is 2.19. The topological polar surface area (TPSA) is 45.1 Å². The molecule has 1 aromatic carbocycles. The molecule has 2 atom stereocenters. The van der Waals surface area contributed by atoms with Crippen LogP contribution < -0.4 is 5.32 Å². The SMILES string of the molecule is Cc1csc(CN[C@H](C)C[C@@H](O)c2ccc(F)cc2)n1. The molecule has 0 aliphatic rings. The summed E-state index contributed by atoms with van der Waals surface area (Å²) in [5, 5.41) is 16.5. The van der Waals surface area contributed by atoms with E-state index >= 15 is 0 Å². The van der Waals surface area contributed by atoms with Gasteiger partial charge in [-0.2, -0.15) is 0 Å². The number of nitrogens with one attached hydrogen (secondary N) is 1. The third kappa shape index (κ3) is 4.37. The zero-order valence-electron chi connectivity index (χ0n) is 11.6. The van der Waals surface area contributed by atoms with Crippen molar-refractivity contribution in [3.8, 4) is 0 Å². The van der Waals surface area contributed by atoms with Crippen molar-refractivity contribution >= 4 is 11.3 Å². The molecule has 0 spiro atoms. The second-order valence-corrected chi connectivity index (χ2v) is 5.91. The van der Waals surface area contributed by atoms with Gasteiger partial charge in [0.2, 0.25) is 0 Å². The van der Waals surface area contributed by atoms with Crippen LogP contribution in [0.2, 0.25) is 0 Å². The number of nitrogens with zero attached hydrogens (tertiary/aromatic N) is 1. The largest absolute Gasteiger partial charge is 0.388 e. The quantitative estimate of drug-likeness (QED) is 0.860. The van der Waals surface area contributed by atoms with Crippen molar-refractivity contribution in [3.05, 3.63) is 51.7 Å². The maximum Gasteiger partial charge on any atom is 0.123 e. The molecular formula is C15H19FN2OS. The van der Waals surface area contributed by atoms with E-state index in [1.54, 1.807) is 23.5 Å². The molecule has 0 saturated heterocycles. The third-order valence-electron chi connectivity index (χ3n) is 3.10. The van der Waals surface area contributed by atoms with E-state index in [1.165, 1.54) is 12.1 Å². The van der Waals surface area contributed by atoms with Crippen LogP contribution >= 0.6 is 11.3 Å². The monoisotopic (exact) mass is 294 g/mol. The molecule has 20 heavy (non-hydrogen) atoms. The molecule has 2 aromatic rings. The minimum absolute atomic E-state index is 0.152. The molecule has 0 fully saturated rings. The van der Waals surface area contributed by atoms with Crippen LogP contribution in [-0.4, -0.2) is 16.1 Å². The molecule has 0 bridgehead atoms. The Balaban J connectivity index is 1.81. The Morgan fingerprint density at radius 3 is 2.65 bits per heavy atom. The van der Waals surface area contributed by atoms with Crippen LogP contribution in [0.25, 0.3) is 0 Å². The molecular weight excluding hydrogens is 275 g/mol. The van der Waals surface area contributed by atoms with Gasteiger partial charge in [0.15, 0.2) is 0 Å². The maximum absolute atomic E-state index is 12.8. The number of halogens is 1. The van der Waals surface area contributed by atoms with E-state index in [2.05, 4.69) is 10.3 Å². The predicted molar refractivity (Wildman–Crippen MR) is 79.1 cm³/mol. The first kappa shape index (κ1) is 15.1. The fourth-order valence-corrected chi connectivity index (χ4v) is 2.71. The first-order chi connectivity index (χ1) is 9.54. The molecule has 108 valence electrons. The second kappa shape index (κ2) is 6.92. The Morgan fingerprint density at radius 1 is 1.35 bits per heavy atom. The molecule has 3 nitrogen and oxygen atoms in total. The summed E-state index contributed by atoms with van der Waals surface area (Å²) in [4.78, 5) is 4.38. The lowest BCUT2D eigenvalue weighted by Gasteiger charge is -2.17. The van der Waals surface area contributed by atoms with Crippen molar-refractivity contribution in [2.45, 2.75) is 39.0 Å². The summed E-state index contributed by atoms with van der Waals surface area (Å²) in [6, 6.07) is 6.14. The van der Waals surface area contributed by atoms with Gasteiger partial charge in [0.05, 0.1) is 6.10 Å². The molecule has 1 heterocycles. The summed E-state index contributed by atoms with van der Waals surface area (Å²) >= 11 is 1.63. The van der Waals surface area contributed by atoms with E-state index in [1.807, 2.05) is 19.2 Å². The second-order valence-electron chi connectivity index (χ2n) is 4.97. The summed E-state index contributed by atoms with van der Waals surface area (Å²) in [5.41, 5.74) is 1.77. The van der Waals surface area contributed by atoms with Crippen molar-refractivity contribution < 1.29 is 9.50 Å². The first-order valence-electron chi connectivity index (χ1n) is 6.62. The number of aliphatic hydroxyl groups is 1. The molecule has 0 unspecified atom stereocenters. The number of rotatable bonds is 6. The average molecular weight is 294 g/mol. The van der Waals surface area contributed by atoms with Crippen LogP contribution in [0.1, 0.15) is 35.7 Å². The number of benzene rings is 1. The Labute approximate surface area is 122 Å². The standard InChI is InChI=1S/C15H19FN2OS/c1-10(17-8-15-18-11(2)9-20-15)7-14(19)12-3-5-13(16)6-4-12/h3-6,9-10,14,17,19H,7-8H2,1-2H3/t10-,14-/m1/s1. The Kier molecular flexibility index (Phi) is 5.23. The number of hydrogen-bond acceptors (Lipinski definition) is 4. The summed E-state index contributed by atoms with van der Waals surface area (Å²) in [6.07, 6.45) is -0.00756. The van der Waals surface area contributed by atoms with Gasteiger partial charge >= 0.3 is 0 Å². The number of thiazole rings is 1. The summed E-state index contributed by atoms with van der Waals surface area (Å²) < 4.78 is 12.8. The van der Waals surface area contributed by atoms with Crippen LogP contribution in [0.5, 0.6) is 0 Å². The Bertz CT molecular complexity index is 541. The highest BCUT2D eigenvalue weighted by molar-refractivity contribution is 7.09. The maximum atomic E-state index is 12.8. The van der Waals surface area contributed by atoms with Gasteiger partial charge in [-0.3, -0.25) is 0 Å². The van der Waals surface area contributed by atoms with Crippen LogP contribution in [0.15, 0.2) is 29.6 Å². The third-order valence-corrected chi connectivity index (χ3v) is 4.07. The fraction of sp³-hybridized carbons (Fsp3) is 0.400. The van der Waals surface area contributed by atoms with E-state index in [0.29, 0.717) is 13.0 Å². The molecule has 0 aliphatic carbocycles. The van der Waals surface area contributed by atoms with Crippen LogP contribution in [0.3, 0.4) is 0 Å². The highest BCUT2D eigenvalue weighted by Gasteiger charge is 2.12. The Morgan fingerprint density at radius 2 is 2.05 bits per heavy atom. The number of hydrogen-bond donors (Lipinski definition) is 2. The van der Waals surface area contributed by atoms with Gasteiger partial charge in [-0.1, -0.05) is 12.1 Å². The van der Waals surface area contributed by atoms with Crippen LogP contribution in [0, 0.1) is 12.7 Å². The zero-order chi connectivity index (χ0) is 14.5. The van der Waals surface area contributed by atoms with Crippen molar-refractivity contribution in [2.24, 2.45) is 0 Å². The van der Waals surface area contributed by atoms with Crippen molar-refractivity contribution in [2.75, 3.05) is 0 Å². The van der Waals surface area contributed by atoms with E-state index in [-0.39, 0.29) is 11.9 Å². The average Bonchev–Trinajstić information content (AvgIpc) is 2.83. The van der Waals surface area contributed by atoms with Gasteiger partial charge in [-0.15, -0.1) is 11.3 Å². The predicted octanol–water partition coefficient (Wildman–Crippen LogP) is 3.19. The normalized spacial score (nSPS) is 14.2. The highest BCUT2D eigenvalue weighted by atomic mass is 32.1. The van der Waals surface area contributed by atoms with Gasteiger partial charge in [-0.05, 0) is 38.0 Å². The van der Waals surface area contributed by atoms with E-state index in [0.717, 1.165) is 16.3 Å². The number of aromatic nitrogens is 1. The lowest BCUT2D eigenvalue weighted by Crippen LogP contribution is -2.27. The van der Waals surface area contributed by atoms with Crippen molar-refractivity contribution in [1.29, 1.82) is 0 Å². The lowest BCUT2D eigenvalue weighted by atomic mass is 10.0. The smallest absolute Gasteiger partial charge is 0.123 e. The van der Waals surface area contributed by atoms with Crippen LogP contribution in [0.4, 0.5) is 4.39 Å². The molecule has 0 saturated carbocycles. The van der Waals surface area contributed by atoms with Gasteiger partial charge in [0.25, 0.3) is 0 Å². The molecule has 5 heteroatoms. The summed E-state index contributed by atoms with van der Waals surface area (Å²) in [6.45, 7) is 4.70. The fourth-order valence-electron chi connectivity index (χ4n) is 1.98. The van der Waals surface area contributed by atoms with Gasteiger partial charge in [-0.25, -0.2) is 9.37 Å². The van der Waals surface area contributed by atoms with Crippen molar-refractivity contribution in [1.82, 2.24) is 10.3 Å². The molecule has 2 rings (SSSR count). The minimum atomic E-state index is -0.587. The zero-order valence-corrected chi connectivity index (χ0v) is 12.5. The molecule has 2 N–H and O–H groups in total. The number of aliphatic hydroxyl groups excluding tert-OH is 1. The van der Waals surface area contributed by atoms with E-state index in [4.69, 9.17) is 0 Å². The lowest BCUT2D eigenvalue weighted by molar-refractivity contribution is 0.153. The van der Waals surface area contributed by atoms with E-state index in [9.17, 15) is 9.50 Å². The molecule has 0 amide bonds. The number of aryl methyl sites for hydroxylation is 1.